The number of esters is 1. The lowest BCUT2D eigenvalue weighted by molar-refractivity contribution is -0.118. The molecule has 3 rings (SSSR count). The van der Waals surface area contributed by atoms with E-state index in [1.165, 1.54) is 34.9 Å². The first-order valence-electron chi connectivity index (χ1n) is 9.15. The lowest BCUT2D eigenvalue weighted by Crippen LogP contribution is -2.25. The van der Waals surface area contributed by atoms with Crippen molar-refractivity contribution < 1.29 is 18.7 Å². The smallest absolute Gasteiger partial charge is 0.342 e. The molecule has 7 nitrogen and oxygen atoms in total. The Morgan fingerprint density at radius 1 is 1.17 bits per heavy atom. The number of ether oxygens (including phenoxy) is 1. The highest BCUT2D eigenvalue weighted by Crippen LogP contribution is 2.34. The molecule has 0 aliphatic heterocycles. The van der Waals surface area contributed by atoms with Crippen LogP contribution in [0.1, 0.15) is 36.4 Å². The summed E-state index contributed by atoms with van der Waals surface area (Å²) in [6.45, 7) is 4.76. The first-order valence-corrected chi connectivity index (χ1v) is 11.9. The summed E-state index contributed by atoms with van der Waals surface area (Å²) in [4.78, 5) is 24.1. The number of nitrogens with one attached hydrogen (secondary N) is 1. The van der Waals surface area contributed by atoms with Gasteiger partial charge in [-0.15, -0.1) is 10.2 Å². The van der Waals surface area contributed by atoms with E-state index in [0.29, 0.717) is 41.6 Å². The van der Waals surface area contributed by atoms with Gasteiger partial charge in [-0.05, 0) is 19.4 Å². The van der Waals surface area contributed by atoms with Crippen LogP contribution in [0.5, 0.6) is 0 Å². The molecule has 0 radical (unpaired) electrons. The molecule has 0 unspecified atom stereocenters. The summed E-state index contributed by atoms with van der Waals surface area (Å²) in [5, 5.41) is 11.9. The molecule has 10 heteroatoms. The highest BCUT2D eigenvalue weighted by atomic mass is 32.2. The topological polar surface area (TPSA) is 94.3 Å². The maximum absolute atomic E-state index is 12.4. The van der Waals surface area contributed by atoms with E-state index in [0.717, 1.165) is 20.5 Å². The molecule has 1 amide bonds. The van der Waals surface area contributed by atoms with Crippen LogP contribution in [0.3, 0.4) is 0 Å². The molecule has 2 aromatic heterocycles. The zero-order valence-electron chi connectivity index (χ0n) is 16.1. The lowest BCUT2D eigenvalue weighted by atomic mass is 10.1. The molecule has 0 aliphatic carbocycles. The number of carbonyl (C=O) groups excluding carboxylic acids is 2. The van der Waals surface area contributed by atoms with Crippen molar-refractivity contribution in [1.82, 2.24) is 15.5 Å². The predicted molar refractivity (Wildman–Crippen MR) is 116 cm³/mol. The maximum Gasteiger partial charge on any atom is 0.342 e. The number of nitrogens with zero attached hydrogens (tertiary/aromatic N) is 2. The Bertz CT molecular complexity index is 986. The van der Waals surface area contributed by atoms with Gasteiger partial charge in [-0.1, -0.05) is 60.0 Å². The SMILES string of the molecule is CCCNC(=O)CSc1nnc(SCc2oc3ccccc3c2C(=O)OCC)s1. The van der Waals surface area contributed by atoms with Gasteiger partial charge in [0.2, 0.25) is 5.91 Å². The fourth-order valence-corrected chi connectivity index (χ4v) is 5.29. The molecule has 1 aromatic carbocycles. The van der Waals surface area contributed by atoms with E-state index in [1.54, 1.807) is 6.92 Å². The van der Waals surface area contributed by atoms with Gasteiger partial charge in [0.15, 0.2) is 8.68 Å². The molecular weight excluding hydrogens is 430 g/mol. The van der Waals surface area contributed by atoms with Crippen LogP contribution in [0.2, 0.25) is 0 Å². The number of hydrogen-bond donors (Lipinski definition) is 1. The number of hydrogen-bond acceptors (Lipinski definition) is 9. The van der Waals surface area contributed by atoms with Gasteiger partial charge in [0, 0.05) is 11.9 Å². The molecule has 0 spiro atoms. The normalized spacial score (nSPS) is 11.0. The molecule has 0 saturated heterocycles. The predicted octanol–water partition coefficient (Wildman–Crippen LogP) is 4.37. The van der Waals surface area contributed by atoms with Crippen molar-refractivity contribution >= 4 is 57.7 Å². The van der Waals surface area contributed by atoms with Crippen LogP contribution < -0.4 is 5.32 Å². The molecule has 0 bridgehead atoms. The van der Waals surface area contributed by atoms with Crippen molar-refractivity contribution in [1.29, 1.82) is 0 Å². The van der Waals surface area contributed by atoms with Crippen molar-refractivity contribution in [2.45, 2.75) is 34.7 Å². The summed E-state index contributed by atoms with van der Waals surface area (Å²) in [7, 11) is 0. The molecule has 1 N–H and O–H groups in total. The average molecular weight is 452 g/mol. The Morgan fingerprint density at radius 2 is 1.93 bits per heavy atom. The van der Waals surface area contributed by atoms with E-state index < -0.39 is 0 Å². The molecular formula is C19H21N3O4S3. The molecule has 29 heavy (non-hydrogen) atoms. The third kappa shape index (κ3) is 5.74. The number of furan rings is 1. The minimum absolute atomic E-state index is 0.0115. The quantitative estimate of drug-likeness (QED) is 0.359. The second-order valence-corrected chi connectivity index (χ2v) is 9.30. The average Bonchev–Trinajstić information content (AvgIpc) is 3.33. The van der Waals surface area contributed by atoms with Gasteiger partial charge in [0.05, 0.1) is 18.1 Å². The van der Waals surface area contributed by atoms with Crippen LogP contribution >= 0.6 is 34.9 Å². The number of aromatic nitrogens is 2. The Morgan fingerprint density at radius 3 is 2.69 bits per heavy atom. The van der Waals surface area contributed by atoms with Gasteiger partial charge in [-0.2, -0.15) is 0 Å². The highest BCUT2D eigenvalue weighted by Gasteiger charge is 2.22. The van der Waals surface area contributed by atoms with Crippen LogP contribution in [0.15, 0.2) is 37.4 Å². The second-order valence-electron chi connectivity index (χ2n) is 5.88. The van der Waals surface area contributed by atoms with Crippen LogP contribution in [0.4, 0.5) is 0 Å². The summed E-state index contributed by atoms with van der Waals surface area (Å²) in [5.41, 5.74) is 1.11. The summed E-state index contributed by atoms with van der Waals surface area (Å²) in [6.07, 6.45) is 0.908. The minimum Gasteiger partial charge on any atom is -0.462 e. The third-order valence-electron chi connectivity index (χ3n) is 3.76. The van der Waals surface area contributed by atoms with Crippen LogP contribution in [-0.2, 0) is 15.3 Å². The zero-order valence-corrected chi connectivity index (χ0v) is 18.5. The zero-order chi connectivity index (χ0) is 20.6. The maximum atomic E-state index is 12.4. The second kappa shape index (κ2) is 10.7. The Balaban J connectivity index is 1.65. The first kappa shape index (κ1) is 21.7. The van der Waals surface area contributed by atoms with Gasteiger partial charge in [0.1, 0.15) is 16.9 Å². The third-order valence-corrected chi connectivity index (χ3v) is 6.95. The highest BCUT2D eigenvalue weighted by molar-refractivity contribution is 8.03. The molecule has 0 atom stereocenters. The minimum atomic E-state index is -0.389. The number of carbonyl (C=O) groups is 2. The van der Waals surface area contributed by atoms with E-state index in [-0.39, 0.29) is 11.9 Å². The van der Waals surface area contributed by atoms with Gasteiger partial charge in [-0.25, -0.2) is 4.79 Å². The van der Waals surface area contributed by atoms with Crippen LogP contribution in [-0.4, -0.2) is 41.0 Å². The van der Waals surface area contributed by atoms with Crippen LogP contribution in [0.25, 0.3) is 11.0 Å². The number of rotatable bonds is 10. The first-order chi connectivity index (χ1) is 14.1. The van der Waals surface area contributed by atoms with E-state index in [1.807, 2.05) is 31.2 Å². The lowest BCUT2D eigenvalue weighted by Gasteiger charge is -2.02. The molecule has 0 saturated carbocycles. The fourth-order valence-electron chi connectivity index (χ4n) is 2.51. The Kier molecular flexibility index (Phi) is 7.96. The van der Waals surface area contributed by atoms with E-state index >= 15 is 0 Å². The molecule has 3 aromatic rings. The number of amides is 1. The monoisotopic (exact) mass is 451 g/mol. The number of para-hydroxylation sites is 1. The van der Waals surface area contributed by atoms with Crippen molar-refractivity contribution in [3.63, 3.8) is 0 Å². The molecule has 0 aliphatic rings. The van der Waals surface area contributed by atoms with Crippen molar-refractivity contribution in [2.24, 2.45) is 0 Å². The Labute approximate surface area is 181 Å². The van der Waals surface area contributed by atoms with Crippen molar-refractivity contribution in [2.75, 3.05) is 18.9 Å². The number of thioether (sulfide) groups is 2. The summed E-state index contributed by atoms with van der Waals surface area (Å²) in [5.74, 6) is 0.898. The fraction of sp³-hybridized carbons (Fsp3) is 0.368. The van der Waals surface area contributed by atoms with Crippen molar-refractivity contribution in [3.05, 3.63) is 35.6 Å². The Hall–Kier alpha value is -2.04. The summed E-state index contributed by atoms with van der Waals surface area (Å²) < 4.78 is 12.6. The number of fused-ring (bicyclic) bond motifs is 1. The molecule has 2 heterocycles. The molecule has 154 valence electrons. The summed E-state index contributed by atoms with van der Waals surface area (Å²) >= 11 is 4.21. The van der Waals surface area contributed by atoms with Crippen molar-refractivity contribution in [3.8, 4) is 0 Å². The van der Waals surface area contributed by atoms with E-state index in [2.05, 4.69) is 15.5 Å². The van der Waals surface area contributed by atoms with Gasteiger partial charge < -0.3 is 14.5 Å². The van der Waals surface area contributed by atoms with Gasteiger partial charge >= 0.3 is 5.97 Å². The molecule has 0 fully saturated rings. The van der Waals surface area contributed by atoms with Gasteiger partial charge in [0.25, 0.3) is 0 Å². The standard InChI is InChI=1S/C19H21N3O4S3/c1-3-9-20-15(23)11-28-19-22-21-18(29-19)27-10-14-16(17(24)25-4-2)12-7-5-6-8-13(12)26-14/h5-8H,3-4,9-11H2,1-2H3,(H,20,23). The van der Waals surface area contributed by atoms with Gasteiger partial charge in [-0.3, -0.25) is 4.79 Å². The van der Waals surface area contributed by atoms with E-state index in [9.17, 15) is 9.59 Å². The summed E-state index contributed by atoms with van der Waals surface area (Å²) in [6, 6.07) is 7.41. The largest absolute Gasteiger partial charge is 0.462 e. The number of benzene rings is 1. The van der Waals surface area contributed by atoms with Crippen LogP contribution in [0, 0.1) is 0 Å². The van der Waals surface area contributed by atoms with E-state index in [4.69, 9.17) is 9.15 Å².